The fraction of sp³-hybridized carbons (Fsp3) is 0.333. The van der Waals surface area contributed by atoms with Crippen LogP contribution in [0.1, 0.15) is 13.8 Å². The summed E-state index contributed by atoms with van der Waals surface area (Å²) in [6.45, 7) is 3.44. The number of benzene rings is 1. The van der Waals surface area contributed by atoms with Gasteiger partial charge in [-0.05, 0) is 41.9 Å². The largest absolute Gasteiger partial charge is 0.389 e. The van der Waals surface area contributed by atoms with E-state index < -0.39 is 17.2 Å². The molecule has 1 heterocycles. The van der Waals surface area contributed by atoms with Crippen molar-refractivity contribution in [1.82, 2.24) is 4.57 Å². The quantitative estimate of drug-likeness (QED) is 0.845. The van der Waals surface area contributed by atoms with Crippen LogP contribution in [-0.4, -0.2) is 15.3 Å². The van der Waals surface area contributed by atoms with E-state index in [1.807, 2.05) is 0 Å². The Morgan fingerprint density at radius 2 is 2.00 bits per heavy atom. The summed E-state index contributed by atoms with van der Waals surface area (Å²) in [7, 11) is 0. The molecule has 1 aromatic carbocycles. The molecule has 0 aliphatic rings. The molecule has 92 valence electrons. The van der Waals surface area contributed by atoms with Gasteiger partial charge in [0, 0.05) is 11.6 Å². The van der Waals surface area contributed by atoms with Crippen LogP contribution in [0.5, 0.6) is 0 Å². The van der Waals surface area contributed by atoms with Crippen LogP contribution >= 0.6 is 15.9 Å². The highest BCUT2D eigenvalue weighted by Crippen LogP contribution is 2.28. The number of hydrogen-bond acceptors (Lipinski definition) is 1. The van der Waals surface area contributed by atoms with Crippen molar-refractivity contribution in [3.63, 3.8) is 0 Å². The van der Waals surface area contributed by atoms with E-state index in [1.165, 1.54) is 10.6 Å². The number of halogens is 3. The van der Waals surface area contributed by atoms with Gasteiger partial charge in [-0.3, -0.25) is 0 Å². The summed E-state index contributed by atoms with van der Waals surface area (Å²) < 4.78 is 28.9. The Balaban J connectivity index is 2.64. The van der Waals surface area contributed by atoms with Gasteiger partial charge < -0.3 is 9.67 Å². The molecule has 0 radical (unpaired) electrons. The summed E-state index contributed by atoms with van der Waals surface area (Å²) in [4.78, 5) is 0. The SMILES string of the molecule is CC(C)(O)Cn1ccc2cc(Br)c(F)c(F)c21. The third-order valence-electron chi connectivity index (χ3n) is 2.44. The summed E-state index contributed by atoms with van der Waals surface area (Å²) in [5, 5.41) is 10.3. The van der Waals surface area contributed by atoms with Gasteiger partial charge in [0.2, 0.25) is 0 Å². The minimum Gasteiger partial charge on any atom is -0.389 e. The van der Waals surface area contributed by atoms with E-state index in [2.05, 4.69) is 15.9 Å². The summed E-state index contributed by atoms with van der Waals surface area (Å²) in [5.41, 5.74) is -0.810. The van der Waals surface area contributed by atoms with E-state index in [0.717, 1.165) is 0 Å². The number of fused-ring (bicyclic) bond motifs is 1. The van der Waals surface area contributed by atoms with Crippen LogP contribution < -0.4 is 0 Å². The zero-order valence-corrected chi connectivity index (χ0v) is 11.1. The van der Waals surface area contributed by atoms with E-state index >= 15 is 0 Å². The van der Waals surface area contributed by atoms with E-state index in [9.17, 15) is 13.9 Å². The van der Waals surface area contributed by atoms with Gasteiger partial charge in [0.25, 0.3) is 0 Å². The molecule has 17 heavy (non-hydrogen) atoms. The Morgan fingerprint density at radius 3 is 2.59 bits per heavy atom. The van der Waals surface area contributed by atoms with Crippen LogP contribution in [0.2, 0.25) is 0 Å². The van der Waals surface area contributed by atoms with Crippen LogP contribution in [0.3, 0.4) is 0 Å². The van der Waals surface area contributed by atoms with Crippen molar-refractivity contribution in [2.45, 2.75) is 26.0 Å². The van der Waals surface area contributed by atoms with Gasteiger partial charge in [0.1, 0.15) is 0 Å². The van der Waals surface area contributed by atoms with Crippen molar-refractivity contribution in [3.05, 3.63) is 34.4 Å². The zero-order chi connectivity index (χ0) is 12.8. The molecule has 0 aliphatic heterocycles. The zero-order valence-electron chi connectivity index (χ0n) is 9.47. The van der Waals surface area contributed by atoms with Gasteiger partial charge in [-0.15, -0.1) is 0 Å². The molecule has 1 aromatic heterocycles. The second-order valence-corrected chi connectivity index (χ2v) is 5.53. The number of hydrogen-bond donors (Lipinski definition) is 1. The van der Waals surface area contributed by atoms with Crippen LogP contribution in [0, 0.1) is 11.6 Å². The van der Waals surface area contributed by atoms with Crippen molar-refractivity contribution < 1.29 is 13.9 Å². The average molecular weight is 304 g/mol. The molecule has 0 amide bonds. The van der Waals surface area contributed by atoms with Crippen LogP contribution in [-0.2, 0) is 6.54 Å². The maximum Gasteiger partial charge on any atom is 0.184 e. The molecule has 0 saturated heterocycles. The highest BCUT2D eigenvalue weighted by Gasteiger charge is 2.19. The van der Waals surface area contributed by atoms with Gasteiger partial charge in [-0.2, -0.15) is 0 Å². The first-order valence-electron chi connectivity index (χ1n) is 5.14. The van der Waals surface area contributed by atoms with Gasteiger partial charge in [0.15, 0.2) is 11.6 Å². The smallest absolute Gasteiger partial charge is 0.184 e. The summed E-state index contributed by atoms with van der Waals surface area (Å²) in [6, 6.07) is 3.21. The molecule has 1 N–H and O–H groups in total. The van der Waals surface area contributed by atoms with Gasteiger partial charge in [-0.25, -0.2) is 8.78 Å². The molecule has 0 aliphatic carbocycles. The van der Waals surface area contributed by atoms with Crippen molar-refractivity contribution in [2.24, 2.45) is 0 Å². The van der Waals surface area contributed by atoms with Crippen LogP contribution in [0.4, 0.5) is 8.78 Å². The fourth-order valence-corrected chi connectivity index (χ4v) is 2.24. The first-order valence-corrected chi connectivity index (χ1v) is 5.93. The molecule has 0 unspecified atom stereocenters. The van der Waals surface area contributed by atoms with E-state index in [0.29, 0.717) is 5.39 Å². The van der Waals surface area contributed by atoms with Gasteiger partial charge in [0.05, 0.1) is 22.1 Å². The molecular weight excluding hydrogens is 292 g/mol. The predicted octanol–water partition coefficient (Wildman–Crippen LogP) is 3.45. The minimum absolute atomic E-state index is 0.100. The number of aliphatic hydroxyl groups is 1. The molecule has 5 heteroatoms. The lowest BCUT2D eigenvalue weighted by molar-refractivity contribution is 0.0627. The standard InChI is InChI=1S/C12H12BrF2NO/c1-12(2,17)6-16-4-3-7-5-8(13)9(14)10(15)11(7)16/h3-5,17H,6H2,1-2H3. The molecular formula is C12H12BrF2NO. The fourth-order valence-electron chi connectivity index (χ4n) is 1.82. The molecule has 0 atom stereocenters. The molecule has 0 spiro atoms. The van der Waals surface area contributed by atoms with Crippen molar-refractivity contribution >= 4 is 26.8 Å². The van der Waals surface area contributed by atoms with Crippen molar-refractivity contribution in [3.8, 4) is 0 Å². The third kappa shape index (κ3) is 2.35. The molecule has 2 aromatic rings. The van der Waals surface area contributed by atoms with Crippen LogP contribution in [0.15, 0.2) is 22.8 Å². The average Bonchev–Trinajstić information content (AvgIpc) is 2.55. The lowest BCUT2D eigenvalue weighted by Crippen LogP contribution is -2.25. The van der Waals surface area contributed by atoms with Crippen LogP contribution in [0.25, 0.3) is 10.9 Å². The first kappa shape index (κ1) is 12.5. The molecule has 2 nitrogen and oxygen atoms in total. The summed E-state index contributed by atoms with van der Waals surface area (Å²) in [6.07, 6.45) is 1.64. The molecule has 0 bridgehead atoms. The lowest BCUT2D eigenvalue weighted by Gasteiger charge is -2.19. The van der Waals surface area contributed by atoms with E-state index in [4.69, 9.17) is 0 Å². The van der Waals surface area contributed by atoms with Gasteiger partial charge in [-0.1, -0.05) is 0 Å². The summed E-state index contributed by atoms with van der Waals surface area (Å²) in [5.74, 6) is -1.81. The number of rotatable bonds is 2. The molecule has 2 rings (SSSR count). The second kappa shape index (κ2) is 4.07. The number of aromatic nitrogens is 1. The van der Waals surface area contributed by atoms with E-state index in [1.54, 1.807) is 26.1 Å². The summed E-state index contributed by atoms with van der Waals surface area (Å²) >= 11 is 2.96. The highest BCUT2D eigenvalue weighted by atomic mass is 79.9. The number of nitrogens with zero attached hydrogens (tertiary/aromatic N) is 1. The maximum atomic E-state index is 13.8. The van der Waals surface area contributed by atoms with Gasteiger partial charge >= 0.3 is 0 Å². The van der Waals surface area contributed by atoms with Crippen molar-refractivity contribution in [1.29, 1.82) is 0 Å². The Labute approximate surface area is 106 Å². The normalized spacial score (nSPS) is 12.4. The Morgan fingerprint density at radius 1 is 1.35 bits per heavy atom. The molecule has 0 saturated carbocycles. The Hall–Kier alpha value is -0.940. The molecule has 0 fully saturated rings. The second-order valence-electron chi connectivity index (χ2n) is 4.68. The highest BCUT2D eigenvalue weighted by molar-refractivity contribution is 9.10. The monoisotopic (exact) mass is 303 g/mol. The first-order chi connectivity index (χ1) is 7.79. The Kier molecular flexibility index (Phi) is 2.99. The topological polar surface area (TPSA) is 25.2 Å². The lowest BCUT2D eigenvalue weighted by atomic mass is 10.1. The minimum atomic E-state index is -0.984. The maximum absolute atomic E-state index is 13.8. The predicted molar refractivity (Wildman–Crippen MR) is 65.9 cm³/mol. The van der Waals surface area contributed by atoms with Crippen molar-refractivity contribution in [2.75, 3.05) is 0 Å². The Bertz CT molecular complexity index is 572. The van der Waals surface area contributed by atoms with E-state index in [-0.39, 0.29) is 16.5 Å². The third-order valence-corrected chi connectivity index (χ3v) is 3.02.